The van der Waals surface area contributed by atoms with E-state index in [0.717, 1.165) is 35.5 Å². The molecule has 1 aromatic rings. The lowest BCUT2D eigenvalue weighted by atomic mass is 9.98. The van der Waals surface area contributed by atoms with Crippen molar-refractivity contribution in [3.8, 4) is 0 Å². The SMILES string of the molecule is CN1CC(=O)N(CC2CCCNC2)c2ccc(Br)cc21. The van der Waals surface area contributed by atoms with Crippen molar-refractivity contribution in [1.82, 2.24) is 5.32 Å². The normalized spacial score (nSPS) is 22.9. The van der Waals surface area contributed by atoms with E-state index in [-0.39, 0.29) is 5.91 Å². The highest BCUT2D eigenvalue weighted by molar-refractivity contribution is 9.10. The summed E-state index contributed by atoms with van der Waals surface area (Å²) in [6.07, 6.45) is 2.41. The fraction of sp³-hybridized carbons (Fsp3) is 0.533. The Labute approximate surface area is 128 Å². The Kier molecular flexibility index (Phi) is 3.98. The second kappa shape index (κ2) is 5.74. The van der Waals surface area contributed by atoms with Crippen LogP contribution in [-0.4, -0.2) is 39.1 Å². The minimum absolute atomic E-state index is 0.202. The number of halogens is 1. The van der Waals surface area contributed by atoms with Crippen LogP contribution in [0.2, 0.25) is 0 Å². The van der Waals surface area contributed by atoms with Gasteiger partial charge in [0.2, 0.25) is 5.91 Å². The maximum Gasteiger partial charge on any atom is 0.246 e. The van der Waals surface area contributed by atoms with Crippen molar-refractivity contribution in [2.45, 2.75) is 12.8 Å². The van der Waals surface area contributed by atoms with Gasteiger partial charge in [0.15, 0.2) is 0 Å². The quantitative estimate of drug-likeness (QED) is 0.898. The molecule has 4 nitrogen and oxygen atoms in total. The summed E-state index contributed by atoms with van der Waals surface area (Å²) in [5, 5.41) is 3.43. The molecule has 1 N–H and O–H groups in total. The van der Waals surface area contributed by atoms with Gasteiger partial charge in [-0.15, -0.1) is 0 Å². The summed E-state index contributed by atoms with van der Waals surface area (Å²) in [7, 11) is 1.97. The van der Waals surface area contributed by atoms with Crippen LogP contribution in [0.15, 0.2) is 22.7 Å². The van der Waals surface area contributed by atoms with Gasteiger partial charge in [0.25, 0.3) is 0 Å². The Hall–Kier alpha value is -1.07. The van der Waals surface area contributed by atoms with E-state index in [1.807, 2.05) is 29.0 Å². The third-order valence-electron chi connectivity index (χ3n) is 4.15. The molecule has 0 aliphatic carbocycles. The molecule has 20 heavy (non-hydrogen) atoms. The van der Waals surface area contributed by atoms with E-state index >= 15 is 0 Å². The molecule has 3 rings (SSSR count). The molecule has 2 aliphatic rings. The van der Waals surface area contributed by atoms with E-state index < -0.39 is 0 Å². The van der Waals surface area contributed by atoms with Crippen LogP contribution in [0.3, 0.4) is 0 Å². The zero-order valence-corrected chi connectivity index (χ0v) is 13.3. The van der Waals surface area contributed by atoms with Gasteiger partial charge in [-0.25, -0.2) is 0 Å². The number of fused-ring (bicyclic) bond motifs is 1. The fourth-order valence-electron chi connectivity index (χ4n) is 3.08. The molecule has 0 bridgehead atoms. The minimum Gasteiger partial charge on any atom is -0.364 e. The van der Waals surface area contributed by atoms with Crippen LogP contribution in [0, 0.1) is 5.92 Å². The first-order valence-electron chi connectivity index (χ1n) is 7.17. The number of amides is 1. The molecule has 1 aromatic carbocycles. The van der Waals surface area contributed by atoms with Gasteiger partial charge < -0.3 is 15.1 Å². The lowest BCUT2D eigenvalue weighted by Crippen LogP contribution is -2.48. The van der Waals surface area contributed by atoms with E-state index in [1.54, 1.807) is 0 Å². The summed E-state index contributed by atoms with van der Waals surface area (Å²) >= 11 is 3.51. The average molecular weight is 338 g/mol. The number of hydrogen-bond donors (Lipinski definition) is 1. The molecule has 2 aliphatic heterocycles. The molecule has 2 heterocycles. The fourth-order valence-corrected chi connectivity index (χ4v) is 3.43. The minimum atomic E-state index is 0.202. The van der Waals surface area contributed by atoms with Crippen LogP contribution < -0.4 is 15.1 Å². The summed E-state index contributed by atoms with van der Waals surface area (Å²) in [4.78, 5) is 16.4. The van der Waals surface area contributed by atoms with Gasteiger partial charge in [-0.1, -0.05) is 15.9 Å². The maximum atomic E-state index is 12.4. The van der Waals surface area contributed by atoms with Gasteiger partial charge in [0.1, 0.15) is 0 Å². The van der Waals surface area contributed by atoms with Crippen molar-refractivity contribution in [2.75, 3.05) is 43.0 Å². The second-order valence-electron chi connectivity index (χ2n) is 5.71. The number of carbonyl (C=O) groups excluding carboxylic acids is 1. The van der Waals surface area contributed by atoms with Crippen LogP contribution in [0.5, 0.6) is 0 Å². The Balaban J connectivity index is 1.86. The number of benzene rings is 1. The number of piperidine rings is 1. The molecule has 1 amide bonds. The number of nitrogens with zero attached hydrogens (tertiary/aromatic N) is 2. The van der Waals surface area contributed by atoms with Crippen molar-refractivity contribution in [3.05, 3.63) is 22.7 Å². The molecule has 0 spiro atoms. The molecule has 0 saturated carbocycles. The summed E-state index contributed by atoms with van der Waals surface area (Å²) in [5.74, 6) is 0.764. The average Bonchev–Trinajstić information content (AvgIpc) is 2.45. The largest absolute Gasteiger partial charge is 0.364 e. The van der Waals surface area contributed by atoms with Crippen LogP contribution in [0.4, 0.5) is 11.4 Å². The van der Waals surface area contributed by atoms with Crippen LogP contribution in [0.1, 0.15) is 12.8 Å². The topological polar surface area (TPSA) is 35.6 Å². The Morgan fingerprint density at radius 2 is 2.25 bits per heavy atom. The summed E-state index contributed by atoms with van der Waals surface area (Å²) in [6.45, 7) is 3.42. The number of nitrogens with one attached hydrogen (secondary N) is 1. The summed E-state index contributed by atoms with van der Waals surface area (Å²) in [5.41, 5.74) is 2.17. The predicted molar refractivity (Wildman–Crippen MR) is 85.4 cm³/mol. The van der Waals surface area contributed by atoms with E-state index in [0.29, 0.717) is 12.5 Å². The molecular weight excluding hydrogens is 318 g/mol. The van der Waals surface area contributed by atoms with Crippen molar-refractivity contribution in [3.63, 3.8) is 0 Å². The second-order valence-corrected chi connectivity index (χ2v) is 6.62. The molecule has 0 aromatic heterocycles. The van der Waals surface area contributed by atoms with Gasteiger partial charge in [-0.2, -0.15) is 0 Å². The molecule has 1 atom stereocenters. The number of likely N-dealkylation sites (N-methyl/N-ethyl adjacent to an activating group) is 1. The van der Waals surface area contributed by atoms with E-state index in [1.165, 1.54) is 12.8 Å². The summed E-state index contributed by atoms with van der Waals surface area (Å²) in [6, 6.07) is 6.15. The molecule has 1 saturated heterocycles. The molecule has 108 valence electrons. The third kappa shape index (κ3) is 2.69. The highest BCUT2D eigenvalue weighted by Crippen LogP contribution is 2.35. The van der Waals surface area contributed by atoms with Crippen molar-refractivity contribution in [1.29, 1.82) is 0 Å². The Morgan fingerprint density at radius 1 is 1.40 bits per heavy atom. The Bertz CT molecular complexity index is 514. The van der Waals surface area contributed by atoms with Gasteiger partial charge >= 0.3 is 0 Å². The van der Waals surface area contributed by atoms with Crippen LogP contribution >= 0.6 is 15.9 Å². The molecular formula is C15H20BrN3O. The monoisotopic (exact) mass is 337 g/mol. The van der Waals surface area contributed by atoms with Crippen LogP contribution in [-0.2, 0) is 4.79 Å². The van der Waals surface area contributed by atoms with Crippen molar-refractivity contribution in [2.24, 2.45) is 5.92 Å². The smallest absolute Gasteiger partial charge is 0.246 e. The van der Waals surface area contributed by atoms with Crippen molar-refractivity contribution < 1.29 is 4.79 Å². The van der Waals surface area contributed by atoms with E-state index in [4.69, 9.17) is 0 Å². The van der Waals surface area contributed by atoms with Gasteiger partial charge in [-0.05, 0) is 50.0 Å². The Morgan fingerprint density at radius 3 is 3.00 bits per heavy atom. The highest BCUT2D eigenvalue weighted by Gasteiger charge is 2.29. The maximum absolute atomic E-state index is 12.4. The zero-order chi connectivity index (χ0) is 14.1. The third-order valence-corrected chi connectivity index (χ3v) is 4.65. The first-order valence-corrected chi connectivity index (χ1v) is 7.96. The molecule has 5 heteroatoms. The number of anilines is 2. The highest BCUT2D eigenvalue weighted by atomic mass is 79.9. The first kappa shape index (κ1) is 13.9. The zero-order valence-electron chi connectivity index (χ0n) is 11.7. The lowest BCUT2D eigenvalue weighted by molar-refractivity contribution is -0.117. The predicted octanol–water partition coefficient (Wildman–Crippen LogP) is 2.23. The number of hydrogen-bond acceptors (Lipinski definition) is 3. The number of rotatable bonds is 2. The van der Waals surface area contributed by atoms with Gasteiger partial charge in [0, 0.05) is 18.1 Å². The van der Waals surface area contributed by atoms with E-state index in [2.05, 4.69) is 27.3 Å². The van der Waals surface area contributed by atoms with Crippen molar-refractivity contribution >= 4 is 33.2 Å². The van der Waals surface area contributed by atoms with Gasteiger partial charge in [-0.3, -0.25) is 4.79 Å². The number of carbonyl (C=O) groups is 1. The van der Waals surface area contributed by atoms with Crippen LogP contribution in [0.25, 0.3) is 0 Å². The first-order chi connectivity index (χ1) is 9.65. The molecule has 0 radical (unpaired) electrons. The lowest BCUT2D eigenvalue weighted by Gasteiger charge is -2.38. The standard InChI is InChI=1S/C15H20BrN3O/c1-18-10-15(20)19(9-11-3-2-6-17-8-11)13-5-4-12(16)7-14(13)18/h4-5,7,11,17H,2-3,6,8-10H2,1H3. The molecule has 1 unspecified atom stereocenters. The van der Waals surface area contributed by atoms with E-state index in [9.17, 15) is 4.79 Å². The van der Waals surface area contributed by atoms with Gasteiger partial charge in [0.05, 0.1) is 17.9 Å². The summed E-state index contributed by atoms with van der Waals surface area (Å²) < 4.78 is 1.05. The molecule has 1 fully saturated rings.